The molecule has 13 heavy (non-hydrogen) atoms. The lowest BCUT2D eigenvalue weighted by Gasteiger charge is -2.25. The maximum Gasteiger partial charge on any atom is 0.0640 e. The normalized spacial score (nSPS) is 17.4. The molecule has 0 radical (unpaired) electrons. The second-order valence-corrected chi connectivity index (χ2v) is 3.85. The van der Waals surface area contributed by atoms with Crippen LogP contribution in [0, 0.1) is 0 Å². The number of aromatic nitrogens is 2. The Morgan fingerprint density at radius 3 is 2.92 bits per heavy atom. The van der Waals surface area contributed by atoms with Gasteiger partial charge in [0.25, 0.3) is 0 Å². The topological polar surface area (TPSA) is 43.8 Å². The van der Waals surface area contributed by atoms with Crippen molar-refractivity contribution in [3.8, 4) is 0 Å². The van der Waals surface area contributed by atoms with Crippen molar-refractivity contribution in [3.63, 3.8) is 0 Å². The highest BCUT2D eigenvalue weighted by atomic mass is 15.3. The van der Waals surface area contributed by atoms with Gasteiger partial charge < -0.3 is 5.73 Å². The van der Waals surface area contributed by atoms with Crippen molar-refractivity contribution in [2.24, 2.45) is 12.8 Å². The number of nitrogens with zero attached hydrogens (tertiary/aromatic N) is 2. The highest BCUT2D eigenvalue weighted by Gasteiger charge is 2.22. The van der Waals surface area contributed by atoms with Crippen LogP contribution in [0.4, 0.5) is 0 Å². The van der Waals surface area contributed by atoms with Gasteiger partial charge in [0.15, 0.2) is 0 Å². The number of hydrogen-bond donors (Lipinski definition) is 1. The summed E-state index contributed by atoms with van der Waals surface area (Å²) in [6.07, 6.45) is 4.95. The Kier molecular flexibility index (Phi) is 2.36. The molecular weight excluding hydrogens is 162 g/mol. The van der Waals surface area contributed by atoms with Crippen LogP contribution in [0.5, 0.6) is 0 Å². The molecule has 1 aromatic rings. The Hall–Kier alpha value is -0.830. The van der Waals surface area contributed by atoms with Crippen LogP contribution in [-0.2, 0) is 13.5 Å². The summed E-state index contributed by atoms with van der Waals surface area (Å²) >= 11 is 0. The fraction of sp³-hybridized carbons (Fsp3) is 0.700. The van der Waals surface area contributed by atoms with Gasteiger partial charge in [0.05, 0.1) is 5.69 Å². The molecule has 0 aromatic carbocycles. The van der Waals surface area contributed by atoms with Crippen LogP contribution in [0.2, 0.25) is 0 Å². The molecule has 1 saturated carbocycles. The summed E-state index contributed by atoms with van der Waals surface area (Å²) in [6, 6.07) is 2.22. The van der Waals surface area contributed by atoms with Crippen molar-refractivity contribution in [1.82, 2.24) is 9.78 Å². The molecule has 0 amide bonds. The van der Waals surface area contributed by atoms with E-state index < -0.39 is 0 Å². The van der Waals surface area contributed by atoms with Crippen LogP contribution in [-0.4, -0.2) is 16.3 Å². The molecule has 0 aliphatic heterocycles. The molecule has 2 N–H and O–H groups in total. The van der Waals surface area contributed by atoms with E-state index >= 15 is 0 Å². The van der Waals surface area contributed by atoms with Crippen LogP contribution >= 0.6 is 0 Å². The van der Waals surface area contributed by atoms with Crippen molar-refractivity contribution in [2.75, 3.05) is 6.54 Å². The fourth-order valence-electron chi connectivity index (χ4n) is 1.90. The SMILES string of the molecule is Cn1nc(CCN)cc1C1CCC1. The van der Waals surface area contributed by atoms with E-state index in [1.807, 2.05) is 11.7 Å². The van der Waals surface area contributed by atoms with E-state index in [4.69, 9.17) is 5.73 Å². The minimum absolute atomic E-state index is 0.696. The van der Waals surface area contributed by atoms with E-state index in [0.717, 1.165) is 18.0 Å². The van der Waals surface area contributed by atoms with Crippen LogP contribution in [0.25, 0.3) is 0 Å². The molecule has 1 heterocycles. The van der Waals surface area contributed by atoms with Crippen LogP contribution < -0.4 is 5.73 Å². The van der Waals surface area contributed by atoms with E-state index in [1.165, 1.54) is 25.0 Å². The fourth-order valence-corrected chi connectivity index (χ4v) is 1.90. The lowest BCUT2D eigenvalue weighted by atomic mass is 9.83. The molecule has 1 fully saturated rings. The maximum atomic E-state index is 5.49. The zero-order valence-corrected chi connectivity index (χ0v) is 8.16. The molecule has 2 rings (SSSR count). The molecule has 3 nitrogen and oxygen atoms in total. The van der Waals surface area contributed by atoms with Crippen LogP contribution in [0.1, 0.15) is 36.6 Å². The largest absolute Gasteiger partial charge is 0.330 e. The first-order valence-electron chi connectivity index (χ1n) is 5.04. The van der Waals surface area contributed by atoms with E-state index in [1.54, 1.807) is 0 Å². The Labute approximate surface area is 78.9 Å². The van der Waals surface area contributed by atoms with E-state index in [2.05, 4.69) is 11.2 Å². The highest BCUT2D eigenvalue weighted by Crippen LogP contribution is 2.36. The summed E-state index contributed by atoms with van der Waals surface area (Å²) in [5.74, 6) is 0.768. The minimum atomic E-state index is 0.696. The Morgan fingerprint density at radius 2 is 2.38 bits per heavy atom. The smallest absolute Gasteiger partial charge is 0.0640 e. The summed E-state index contributed by atoms with van der Waals surface area (Å²) in [5, 5.41) is 4.44. The van der Waals surface area contributed by atoms with Gasteiger partial charge in [-0.2, -0.15) is 5.10 Å². The average Bonchev–Trinajstić information content (AvgIpc) is 2.30. The molecule has 72 valence electrons. The summed E-state index contributed by atoms with van der Waals surface area (Å²) in [6.45, 7) is 0.696. The lowest BCUT2D eigenvalue weighted by molar-refractivity contribution is 0.397. The van der Waals surface area contributed by atoms with Gasteiger partial charge >= 0.3 is 0 Å². The predicted molar refractivity (Wildman–Crippen MR) is 52.6 cm³/mol. The second kappa shape index (κ2) is 3.50. The number of hydrogen-bond acceptors (Lipinski definition) is 2. The van der Waals surface area contributed by atoms with E-state index in [0.29, 0.717) is 6.54 Å². The zero-order valence-electron chi connectivity index (χ0n) is 8.16. The van der Waals surface area contributed by atoms with Gasteiger partial charge in [-0.1, -0.05) is 6.42 Å². The molecule has 0 unspecified atom stereocenters. The summed E-state index contributed by atoms with van der Waals surface area (Å²) in [5.41, 5.74) is 8.04. The molecule has 0 spiro atoms. The third kappa shape index (κ3) is 1.61. The van der Waals surface area contributed by atoms with Gasteiger partial charge in [-0.05, 0) is 25.5 Å². The van der Waals surface area contributed by atoms with Crippen molar-refractivity contribution in [1.29, 1.82) is 0 Å². The first-order valence-corrected chi connectivity index (χ1v) is 5.04. The summed E-state index contributed by atoms with van der Waals surface area (Å²) in [7, 11) is 2.04. The van der Waals surface area contributed by atoms with E-state index in [-0.39, 0.29) is 0 Å². The molecule has 3 heteroatoms. The summed E-state index contributed by atoms with van der Waals surface area (Å²) in [4.78, 5) is 0. The first-order chi connectivity index (χ1) is 6.31. The quantitative estimate of drug-likeness (QED) is 0.757. The molecule has 1 aliphatic rings. The third-order valence-corrected chi connectivity index (χ3v) is 2.89. The van der Waals surface area contributed by atoms with Gasteiger partial charge in [0, 0.05) is 25.1 Å². The first kappa shape index (κ1) is 8.75. The van der Waals surface area contributed by atoms with Gasteiger partial charge in [-0.25, -0.2) is 0 Å². The van der Waals surface area contributed by atoms with Crippen molar-refractivity contribution in [3.05, 3.63) is 17.5 Å². The highest BCUT2D eigenvalue weighted by molar-refractivity contribution is 5.17. The lowest BCUT2D eigenvalue weighted by Crippen LogP contribution is -2.12. The monoisotopic (exact) mass is 179 g/mol. The molecule has 0 bridgehead atoms. The molecule has 0 saturated heterocycles. The number of aryl methyl sites for hydroxylation is 1. The van der Waals surface area contributed by atoms with Gasteiger partial charge in [0.1, 0.15) is 0 Å². The third-order valence-electron chi connectivity index (χ3n) is 2.89. The van der Waals surface area contributed by atoms with Gasteiger partial charge in [0.2, 0.25) is 0 Å². The maximum absolute atomic E-state index is 5.49. The number of rotatable bonds is 3. The van der Waals surface area contributed by atoms with Crippen molar-refractivity contribution in [2.45, 2.75) is 31.6 Å². The number of nitrogens with two attached hydrogens (primary N) is 1. The Bertz CT molecular complexity index is 286. The van der Waals surface area contributed by atoms with E-state index in [9.17, 15) is 0 Å². The van der Waals surface area contributed by atoms with Crippen LogP contribution in [0.15, 0.2) is 6.07 Å². The zero-order chi connectivity index (χ0) is 9.26. The Balaban J connectivity index is 2.15. The minimum Gasteiger partial charge on any atom is -0.330 e. The average molecular weight is 179 g/mol. The van der Waals surface area contributed by atoms with Crippen LogP contribution in [0.3, 0.4) is 0 Å². The standard InChI is InChI=1S/C10H17N3/c1-13-10(8-3-2-4-8)7-9(12-13)5-6-11/h7-8H,2-6,11H2,1H3. The van der Waals surface area contributed by atoms with Crippen molar-refractivity contribution >= 4 is 0 Å². The molecule has 0 atom stereocenters. The Morgan fingerprint density at radius 1 is 1.62 bits per heavy atom. The second-order valence-electron chi connectivity index (χ2n) is 3.85. The molecule has 1 aliphatic carbocycles. The van der Waals surface area contributed by atoms with Gasteiger partial charge in [-0.15, -0.1) is 0 Å². The van der Waals surface area contributed by atoms with Gasteiger partial charge in [-0.3, -0.25) is 4.68 Å². The van der Waals surface area contributed by atoms with Crippen molar-refractivity contribution < 1.29 is 0 Å². The molecular formula is C10H17N3. The predicted octanol–water partition coefficient (Wildman–Crippen LogP) is 1.19. The summed E-state index contributed by atoms with van der Waals surface area (Å²) < 4.78 is 2.02. The molecule has 1 aromatic heterocycles.